The van der Waals surface area contributed by atoms with Gasteiger partial charge in [-0.2, -0.15) is 5.10 Å². The molecule has 6 heteroatoms. The number of amides is 2. The normalized spacial score (nSPS) is 10.9. The van der Waals surface area contributed by atoms with Crippen molar-refractivity contribution in [3.8, 4) is 5.69 Å². The summed E-state index contributed by atoms with van der Waals surface area (Å²) in [7, 11) is 0. The number of aromatic nitrogens is 1. The molecule has 0 saturated carbocycles. The summed E-state index contributed by atoms with van der Waals surface area (Å²) in [5.41, 5.74) is 8.97. The monoisotopic (exact) mass is 388 g/mol. The second-order valence-electron chi connectivity index (χ2n) is 6.95. The number of carbonyl (C=O) groups excluding carboxylic acids is 2. The van der Waals surface area contributed by atoms with Gasteiger partial charge in [-0.25, -0.2) is 5.43 Å². The Bertz CT molecular complexity index is 1080. The van der Waals surface area contributed by atoms with E-state index in [1.807, 2.05) is 76.2 Å². The van der Waals surface area contributed by atoms with E-state index in [0.29, 0.717) is 5.69 Å². The molecule has 29 heavy (non-hydrogen) atoms. The standard InChI is InChI=1S/C23H24N4O2/c1-15-10-11-20(12-16(15)2)25-22(28)23(29)26-24-14-19-13-17(3)27(18(19)4)21-8-6-5-7-9-21/h5-14H,1-4H3,(H,25,28)(H,26,29)/b24-14-. The Labute approximate surface area is 170 Å². The van der Waals surface area contributed by atoms with Gasteiger partial charge in [0.15, 0.2) is 0 Å². The van der Waals surface area contributed by atoms with E-state index < -0.39 is 11.8 Å². The Hall–Kier alpha value is -3.67. The van der Waals surface area contributed by atoms with Gasteiger partial charge in [-0.1, -0.05) is 24.3 Å². The van der Waals surface area contributed by atoms with Gasteiger partial charge in [-0.15, -0.1) is 0 Å². The van der Waals surface area contributed by atoms with E-state index in [-0.39, 0.29) is 0 Å². The molecule has 2 amide bonds. The fourth-order valence-corrected chi connectivity index (χ4v) is 3.11. The van der Waals surface area contributed by atoms with Crippen LogP contribution in [0.25, 0.3) is 5.69 Å². The van der Waals surface area contributed by atoms with E-state index in [1.165, 1.54) is 0 Å². The Morgan fingerprint density at radius 3 is 2.31 bits per heavy atom. The van der Waals surface area contributed by atoms with Gasteiger partial charge < -0.3 is 9.88 Å². The number of hydrogen-bond acceptors (Lipinski definition) is 3. The van der Waals surface area contributed by atoms with Crippen LogP contribution in [0.2, 0.25) is 0 Å². The van der Waals surface area contributed by atoms with Crippen LogP contribution in [0.3, 0.4) is 0 Å². The highest BCUT2D eigenvalue weighted by atomic mass is 16.2. The van der Waals surface area contributed by atoms with E-state index in [2.05, 4.69) is 20.4 Å². The van der Waals surface area contributed by atoms with E-state index in [9.17, 15) is 9.59 Å². The maximum atomic E-state index is 12.1. The topological polar surface area (TPSA) is 75.5 Å². The fourth-order valence-electron chi connectivity index (χ4n) is 3.11. The number of hydrogen-bond donors (Lipinski definition) is 2. The van der Waals surface area contributed by atoms with Gasteiger partial charge in [-0.05, 0) is 69.2 Å². The quantitative estimate of drug-likeness (QED) is 0.405. The molecule has 3 rings (SSSR count). The molecule has 0 aliphatic carbocycles. The molecular weight excluding hydrogens is 364 g/mol. The van der Waals surface area contributed by atoms with E-state index in [0.717, 1.165) is 33.8 Å². The zero-order chi connectivity index (χ0) is 21.0. The number of para-hydroxylation sites is 1. The fraction of sp³-hybridized carbons (Fsp3) is 0.174. The molecule has 1 heterocycles. The Balaban J connectivity index is 1.66. The largest absolute Gasteiger partial charge is 0.329 e. The number of nitrogens with one attached hydrogen (secondary N) is 2. The molecule has 3 aromatic rings. The third-order valence-electron chi connectivity index (χ3n) is 4.83. The summed E-state index contributed by atoms with van der Waals surface area (Å²) < 4.78 is 2.11. The van der Waals surface area contributed by atoms with Gasteiger partial charge in [0.25, 0.3) is 0 Å². The van der Waals surface area contributed by atoms with Gasteiger partial charge in [0, 0.05) is 28.3 Å². The molecule has 0 atom stereocenters. The summed E-state index contributed by atoms with van der Waals surface area (Å²) in [6.45, 7) is 7.92. The van der Waals surface area contributed by atoms with Crippen molar-refractivity contribution < 1.29 is 9.59 Å². The number of benzene rings is 2. The highest BCUT2D eigenvalue weighted by molar-refractivity contribution is 6.39. The van der Waals surface area contributed by atoms with Crippen molar-refractivity contribution in [3.63, 3.8) is 0 Å². The van der Waals surface area contributed by atoms with Gasteiger partial charge in [0.05, 0.1) is 6.21 Å². The number of carbonyl (C=O) groups is 2. The highest BCUT2D eigenvalue weighted by Gasteiger charge is 2.14. The van der Waals surface area contributed by atoms with Crippen molar-refractivity contribution in [2.75, 3.05) is 5.32 Å². The van der Waals surface area contributed by atoms with E-state index in [1.54, 1.807) is 12.3 Å². The lowest BCUT2D eigenvalue weighted by Crippen LogP contribution is -2.32. The van der Waals surface area contributed by atoms with Crippen molar-refractivity contribution in [3.05, 3.63) is 82.7 Å². The lowest BCUT2D eigenvalue weighted by Gasteiger charge is -2.09. The Kier molecular flexibility index (Phi) is 5.93. The average Bonchev–Trinajstić information content (AvgIpc) is 2.98. The van der Waals surface area contributed by atoms with Crippen LogP contribution in [-0.4, -0.2) is 22.6 Å². The molecule has 0 fully saturated rings. The van der Waals surface area contributed by atoms with Gasteiger partial charge in [-0.3, -0.25) is 9.59 Å². The van der Waals surface area contributed by atoms with Crippen LogP contribution in [0.5, 0.6) is 0 Å². The lowest BCUT2D eigenvalue weighted by atomic mass is 10.1. The summed E-state index contributed by atoms with van der Waals surface area (Å²) in [5.74, 6) is -1.59. The summed E-state index contributed by atoms with van der Waals surface area (Å²) in [6, 6.07) is 17.4. The van der Waals surface area contributed by atoms with Crippen molar-refractivity contribution in [2.24, 2.45) is 5.10 Å². The minimum absolute atomic E-state index is 0.573. The summed E-state index contributed by atoms with van der Waals surface area (Å²) in [6.07, 6.45) is 1.54. The molecule has 0 aliphatic rings. The number of rotatable bonds is 4. The second-order valence-corrected chi connectivity index (χ2v) is 6.95. The number of anilines is 1. The zero-order valence-corrected chi connectivity index (χ0v) is 17.0. The third kappa shape index (κ3) is 4.60. The van der Waals surface area contributed by atoms with Crippen LogP contribution >= 0.6 is 0 Å². The van der Waals surface area contributed by atoms with Crippen molar-refractivity contribution >= 4 is 23.7 Å². The van der Waals surface area contributed by atoms with Crippen LogP contribution in [0.1, 0.15) is 28.1 Å². The predicted octanol–water partition coefficient (Wildman–Crippen LogP) is 3.80. The lowest BCUT2D eigenvalue weighted by molar-refractivity contribution is -0.136. The molecule has 0 saturated heterocycles. The first kappa shape index (κ1) is 20.1. The number of hydrazone groups is 1. The Morgan fingerprint density at radius 1 is 0.897 bits per heavy atom. The minimum Gasteiger partial charge on any atom is -0.318 e. The zero-order valence-electron chi connectivity index (χ0n) is 17.0. The molecule has 1 aromatic heterocycles. The molecule has 6 nitrogen and oxygen atoms in total. The molecule has 2 N–H and O–H groups in total. The first-order chi connectivity index (χ1) is 13.9. The molecule has 0 bridgehead atoms. The smallest absolute Gasteiger partial charge is 0.318 e. The molecule has 0 unspecified atom stereocenters. The highest BCUT2D eigenvalue weighted by Crippen LogP contribution is 2.19. The SMILES string of the molecule is Cc1ccc(NC(=O)C(=O)N/N=C\c2cc(C)n(-c3ccccc3)c2C)cc1C. The first-order valence-electron chi connectivity index (χ1n) is 9.33. The molecule has 148 valence electrons. The van der Waals surface area contributed by atoms with Crippen molar-refractivity contribution in [1.82, 2.24) is 9.99 Å². The predicted molar refractivity (Wildman–Crippen MR) is 116 cm³/mol. The number of nitrogens with zero attached hydrogens (tertiary/aromatic N) is 2. The van der Waals surface area contributed by atoms with Crippen molar-refractivity contribution in [1.29, 1.82) is 0 Å². The molecule has 0 radical (unpaired) electrons. The minimum atomic E-state index is -0.823. The van der Waals surface area contributed by atoms with Gasteiger partial charge >= 0.3 is 11.8 Å². The summed E-state index contributed by atoms with van der Waals surface area (Å²) >= 11 is 0. The molecular formula is C23H24N4O2. The van der Waals surface area contributed by atoms with Crippen LogP contribution in [0.15, 0.2) is 59.7 Å². The average molecular weight is 388 g/mol. The second kappa shape index (κ2) is 8.56. The number of aryl methyl sites for hydroxylation is 3. The van der Waals surface area contributed by atoms with Crippen molar-refractivity contribution in [2.45, 2.75) is 27.7 Å². The maximum Gasteiger partial charge on any atom is 0.329 e. The Morgan fingerprint density at radius 2 is 1.62 bits per heavy atom. The maximum absolute atomic E-state index is 12.1. The van der Waals surface area contributed by atoms with Crippen LogP contribution < -0.4 is 10.7 Å². The van der Waals surface area contributed by atoms with Crippen LogP contribution in [-0.2, 0) is 9.59 Å². The van der Waals surface area contributed by atoms with Gasteiger partial charge in [0.1, 0.15) is 0 Å². The van der Waals surface area contributed by atoms with E-state index in [4.69, 9.17) is 0 Å². The van der Waals surface area contributed by atoms with Crippen LogP contribution in [0.4, 0.5) is 5.69 Å². The first-order valence-corrected chi connectivity index (χ1v) is 9.33. The molecule has 0 spiro atoms. The molecule has 0 aliphatic heterocycles. The van der Waals surface area contributed by atoms with E-state index >= 15 is 0 Å². The van der Waals surface area contributed by atoms with Crippen LogP contribution in [0, 0.1) is 27.7 Å². The summed E-state index contributed by atoms with van der Waals surface area (Å²) in [5, 5.41) is 6.52. The molecule has 2 aromatic carbocycles. The third-order valence-corrected chi connectivity index (χ3v) is 4.83. The van der Waals surface area contributed by atoms with Gasteiger partial charge in [0.2, 0.25) is 0 Å². The summed E-state index contributed by atoms with van der Waals surface area (Å²) in [4.78, 5) is 24.1.